The summed E-state index contributed by atoms with van der Waals surface area (Å²) in [6.45, 7) is 8.71. The summed E-state index contributed by atoms with van der Waals surface area (Å²) in [5.74, 6) is -0.763. The van der Waals surface area contributed by atoms with Crippen LogP contribution in [0.25, 0.3) is 0 Å². The van der Waals surface area contributed by atoms with Gasteiger partial charge >= 0.3 is 0 Å². The second kappa shape index (κ2) is 11.2. The molecular formula is C24H32BrN3O4S. The molecule has 1 unspecified atom stereocenters. The number of hydrogen-bond donors (Lipinski definition) is 1. The van der Waals surface area contributed by atoms with Gasteiger partial charge in [0.05, 0.1) is 11.9 Å². The summed E-state index contributed by atoms with van der Waals surface area (Å²) >= 11 is 3.43. The van der Waals surface area contributed by atoms with Gasteiger partial charge in [-0.25, -0.2) is 8.42 Å². The van der Waals surface area contributed by atoms with E-state index in [2.05, 4.69) is 21.2 Å². The van der Waals surface area contributed by atoms with Gasteiger partial charge in [-0.05, 0) is 63.4 Å². The average Bonchev–Trinajstić information content (AvgIpc) is 2.69. The van der Waals surface area contributed by atoms with Gasteiger partial charge in [-0.3, -0.25) is 13.9 Å². The molecule has 0 aliphatic heterocycles. The number of para-hydroxylation sites is 1. The maximum Gasteiger partial charge on any atom is 0.244 e. The monoisotopic (exact) mass is 537 g/mol. The van der Waals surface area contributed by atoms with Crippen LogP contribution in [0.15, 0.2) is 46.9 Å². The number of benzene rings is 2. The molecule has 0 aromatic heterocycles. The zero-order valence-electron chi connectivity index (χ0n) is 19.9. The van der Waals surface area contributed by atoms with Crippen LogP contribution in [0.3, 0.4) is 0 Å². The van der Waals surface area contributed by atoms with E-state index in [4.69, 9.17) is 0 Å². The number of rotatable bonds is 9. The summed E-state index contributed by atoms with van der Waals surface area (Å²) in [6.07, 6.45) is 1.08. The minimum atomic E-state index is -3.76. The third-order valence-corrected chi connectivity index (χ3v) is 6.81. The fourth-order valence-corrected chi connectivity index (χ4v) is 5.01. The molecule has 2 amide bonds. The van der Waals surface area contributed by atoms with E-state index in [9.17, 15) is 18.0 Å². The number of nitrogens with zero attached hydrogens (tertiary/aromatic N) is 2. The topological polar surface area (TPSA) is 86.8 Å². The molecule has 0 bridgehead atoms. The van der Waals surface area contributed by atoms with Crippen LogP contribution in [0, 0.1) is 13.8 Å². The number of sulfonamides is 1. The van der Waals surface area contributed by atoms with Crippen molar-refractivity contribution in [3.63, 3.8) is 0 Å². The van der Waals surface area contributed by atoms with Gasteiger partial charge in [0, 0.05) is 17.1 Å². The Balaban J connectivity index is 2.45. The molecule has 33 heavy (non-hydrogen) atoms. The molecule has 2 aromatic carbocycles. The Morgan fingerprint density at radius 2 is 1.61 bits per heavy atom. The Morgan fingerprint density at radius 3 is 2.12 bits per heavy atom. The summed E-state index contributed by atoms with van der Waals surface area (Å²) in [6, 6.07) is 12.0. The van der Waals surface area contributed by atoms with Gasteiger partial charge in [-0.15, -0.1) is 0 Å². The van der Waals surface area contributed by atoms with Crippen molar-refractivity contribution in [1.82, 2.24) is 10.2 Å². The highest BCUT2D eigenvalue weighted by Crippen LogP contribution is 2.27. The average molecular weight is 539 g/mol. The largest absolute Gasteiger partial charge is 0.352 e. The minimum absolute atomic E-state index is 0.0927. The molecule has 0 saturated carbocycles. The molecule has 1 atom stereocenters. The lowest BCUT2D eigenvalue weighted by atomic mass is 10.1. The summed E-state index contributed by atoms with van der Waals surface area (Å²) in [5.41, 5.74) is 2.80. The maximum atomic E-state index is 13.5. The second-order valence-corrected chi connectivity index (χ2v) is 11.3. The van der Waals surface area contributed by atoms with E-state index in [0.717, 1.165) is 31.7 Å². The van der Waals surface area contributed by atoms with Gasteiger partial charge in [-0.1, -0.05) is 46.3 Å². The Labute approximate surface area is 205 Å². The Kier molecular flexibility index (Phi) is 9.08. The predicted octanol–water partition coefficient (Wildman–Crippen LogP) is 3.77. The highest BCUT2D eigenvalue weighted by atomic mass is 79.9. The zero-order chi connectivity index (χ0) is 24.9. The molecule has 0 aliphatic rings. The Hall–Kier alpha value is -2.39. The number of anilines is 1. The van der Waals surface area contributed by atoms with Crippen LogP contribution in [0.2, 0.25) is 0 Å². The summed E-state index contributed by atoms with van der Waals surface area (Å²) in [7, 11) is -3.76. The van der Waals surface area contributed by atoms with Gasteiger partial charge in [0.15, 0.2) is 0 Å². The molecule has 0 radical (unpaired) electrons. The SMILES string of the molecule is Cc1cccc(C)c1N(CC(=O)N(Cc1cccc(Br)c1)C(C)C(=O)NC(C)C)S(C)(=O)=O. The first kappa shape index (κ1) is 26.9. The van der Waals surface area contributed by atoms with E-state index >= 15 is 0 Å². The van der Waals surface area contributed by atoms with Crippen LogP contribution in [0.1, 0.15) is 37.5 Å². The van der Waals surface area contributed by atoms with Crippen molar-refractivity contribution in [3.05, 3.63) is 63.6 Å². The van der Waals surface area contributed by atoms with Crippen molar-refractivity contribution in [2.24, 2.45) is 0 Å². The lowest BCUT2D eigenvalue weighted by Gasteiger charge is -2.32. The third kappa shape index (κ3) is 7.30. The number of hydrogen-bond acceptors (Lipinski definition) is 4. The normalized spacial score (nSPS) is 12.4. The fourth-order valence-electron chi connectivity index (χ4n) is 3.59. The molecule has 0 spiro atoms. The first-order valence-corrected chi connectivity index (χ1v) is 13.3. The Bertz CT molecular complexity index is 1100. The highest BCUT2D eigenvalue weighted by Gasteiger charge is 2.31. The first-order valence-electron chi connectivity index (χ1n) is 10.7. The van der Waals surface area contributed by atoms with Crippen LogP contribution >= 0.6 is 15.9 Å². The van der Waals surface area contributed by atoms with Crippen LogP contribution < -0.4 is 9.62 Å². The molecule has 9 heteroatoms. The van der Waals surface area contributed by atoms with E-state index in [1.165, 1.54) is 4.90 Å². The van der Waals surface area contributed by atoms with Crippen molar-refractivity contribution < 1.29 is 18.0 Å². The Morgan fingerprint density at radius 1 is 1.03 bits per heavy atom. The van der Waals surface area contributed by atoms with Gasteiger partial charge in [0.2, 0.25) is 21.8 Å². The van der Waals surface area contributed by atoms with E-state index in [-0.39, 0.29) is 18.5 Å². The third-order valence-electron chi connectivity index (χ3n) is 5.21. The predicted molar refractivity (Wildman–Crippen MR) is 136 cm³/mol. The van der Waals surface area contributed by atoms with Gasteiger partial charge in [0.1, 0.15) is 12.6 Å². The van der Waals surface area contributed by atoms with E-state index in [1.807, 2.05) is 70.2 Å². The molecule has 7 nitrogen and oxygen atoms in total. The molecule has 1 N–H and O–H groups in total. The molecule has 0 aliphatic carbocycles. The number of amides is 2. The number of carbonyl (C=O) groups excluding carboxylic acids is 2. The quantitative estimate of drug-likeness (QED) is 0.527. The fraction of sp³-hybridized carbons (Fsp3) is 0.417. The maximum absolute atomic E-state index is 13.5. The van der Waals surface area contributed by atoms with Gasteiger partial charge in [-0.2, -0.15) is 0 Å². The summed E-state index contributed by atoms with van der Waals surface area (Å²) in [4.78, 5) is 27.7. The molecular weight excluding hydrogens is 506 g/mol. The van der Waals surface area contributed by atoms with Gasteiger partial charge < -0.3 is 10.2 Å². The molecule has 0 saturated heterocycles. The van der Waals surface area contributed by atoms with Crippen LogP contribution in [-0.2, 0) is 26.2 Å². The number of aryl methyl sites for hydroxylation is 2. The molecule has 0 fully saturated rings. The van der Waals surface area contributed by atoms with E-state index < -0.39 is 28.5 Å². The second-order valence-electron chi connectivity index (χ2n) is 8.50. The first-order chi connectivity index (χ1) is 15.3. The van der Waals surface area contributed by atoms with Crippen LogP contribution in [0.4, 0.5) is 5.69 Å². The number of carbonyl (C=O) groups is 2. The van der Waals surface area contributed by atoms with Crippen molar-refractivity contribution >= 4 is 43.5 Å². The summed E-state index contributed by atoms with van der Waals surface area (Å²) in [5, 5.41) is 2.83. The smallest absolute Gasteiger partial charge is 0.244 e. The van der Waals surface area contributed by atoms with Crippen LogP contribution in [-0.4, -0.2) is 50.0 Å². The zero-order valence-corrected chi connectivity index (χ0v) is 22.3. The van der Waals surface area contributed by atoms with Gasteiger partial charge in [0.25, 0.3) is 0 Å². The highest BCUT2D eigenvalue weighted by molar-refractivity contribution is 9.10. The molecule has 0 heterocycles. The van der Waals surface area contributed by atoms with Crippen molar-refractivity contribution in [2.45, 2.75) is 53.2 Å². The number of halogens is 1. The summed E-state index contributed by atoms with van der Waals surface area (Å²) < 4.78 is 27.4. The van der Waals surface area contributed by atoms with Crippen molar-refractivity contribution in [2.75, 3.05) is 17.1 Å². The lowest BCUT2D eigenvalue weighted by Crippen LogP contribution is -2.52. The van der Waals surface area contributed by atoms with E-state index in [1.54, 1.807) is 6.92 Å². The molecule has 180 valence electrons. The van der Waals surface area contributed by atoms with Crippen molar-refractivity contribution in [1.29, 1.82) is 0 Å². The molecule has 2 aromatic rings. The number of nitrogens with one attached hydrogen (secondary N) is 1. The van der Waals surface area contributed by atoms with Crippen LogP contribution in [0.5, 0.6) is 0 Å². The standard InChI is InChI=1S/C24H32BrN3O4S/c1-16(2)26-24(30)19(5)27(14-20-11-8-12-21(25)13-20)22(29)15-28(33(6,31)32)23-17(3)9-7-10-18(23)4/h7-13,16,19H,14-15H2,1-6H3,(H,26,30). The lowest BCUT2D eigenvalue weighted by molar-refractivity contribution is -0.139. The van der Waals surface area contributed by atoms with Crippen molar-refractivity contribution in [3.8, 4) is 0 Å². The van der Waals surface area contributed by atoms with E-state index in [0.29, 0.717) is 5.69 Å². The molecule has 2 rings (SSSR count). The minimum Gasteiger partial charge on any atom is -0.352 e.